The van der Waals surface area contributed by atoms with E-state index in [0.717, 1.165) is 10.5 Å². The van der Waals surface area contributed by atoms with Gasteiger partial charge in [-0.15, -0.1) is 11.8 Å². The molecule has 0 atom stereocenters. The molecule has 0 amide bonds. The van der Waals surface area contributed by atoms with Crippen LogP contribution in [0, 0.1) is 11.3 Å². The number of esters is 1. The predicted molar refractivity (Wildman–Crippen MR) is 78.5 cm³/mol. The lowest BCUT2D eigenvalue weighted by atomic mass is 10.1. The molecule has 20 heavy (non-hydrogen) atoms. The summed E-state index contributed by atoms with van der Waals surface area (Å²) in [5.41, 5.74) is 1.89. The van der Waals surface area contributed by atoms with E-state index < -0.39 is 0 Å². The first-order chi connectivity index (χ1) is 9.72. The molecule has 2 rings (SSSR count). The third kappa shape index (κ3) is 3.62. The van der Waals surface area contributed by atoms with Crippen molar-refractivity contribution in [1.29, 1.82) is 5.26 Å². The Kier molecular flexibility index (Phi) is 4.80. The number of nitrogens with zero attached hydrogens (tertiary/aromatic N) is 1. The highest BCUT2D eigenvalue weighted by atomic mass is 32.2. The van der Waals surface area contributed by atoms with Gasteiger partial charge in [0.25, 0.3) is 0 Å². The first kappa shape index (κ1) is 14.2. The standard InChI is InChI=1S/C16H13NO2S/c1-20-15-7-5-14(6-8-15)16(18)19-11-13-4-2-3-12(9-13)10-17/h2-9H,11H2,1H3. The van der Waals surface area contributed by atoms with E-state index >= 15 is 0 Å². The van der Waals surface area contributed by atoms with E-state index in [0.29, 0.717) is 11.1 Å². The zero-order valence-corrected chi connectivity index (χ0v) is 11.8. The minimum Gasteiger partial charge on any atom is -0.457 e. The van der Waals surface area contributed by atoms with Crippen LogP contribution in [-0.2, 0) is 11.3 Å². The molecule has 100 valence electrons. The van der Waals surface area contributed by atoms with Gasteiger partial charge in [0.1, 0.15) is 6.61 Å². The Labute approximate surface area is 122 Å². The molecule has 0 saturated heterocycles. The molecule has 0 heterocycles. The summed E-state index contributed by atoms with van der Waals surface area (Å²) in [6.45, 7) is 0.165. The van der Waals surface area contributed by atoms with Crippen molar-refractivity contribution < 1.29 is 9.53 Å². The van der Waals surface area contributed by atoms with Gasteiger partial charge in [0.05, 0.1) is 17.2 Å². The molecule has 4 heteroatoms. The van der Waals surface area contributed by atoms with Crippen molar-refractivity contribution >= 4 is 17.7 Å². The fraction of sp³-hybridized carbons (Fsp3) is 0.125. The van der Waals surface area contributed by atoms with Gasteiger partial charge in [-0.05, 0) is 48.2 Å². The fourth-order valence-electron chi connectivity index (χ4n) is 1.69. The summed E-state index contributed by atoms with van der Waals surface area (Å²) in [5.74, 6) is -0.361. The SMILES string of the molecule is CSc1ccc(C(=O)OCc2cccc(C#N)c2)cc1. The number of hydrogen-bond donors (Lipinski definition) is 0. The van der Waals surface area contributed by atoms with Gasteiger partial charge < -0.3 is 4.74 Å². The Balaban J connectivity index is 1.99. The lowest BCUT2D eigenvalue weighted by Gasteiger charge is -2.05. The second-order valence-corrected chi connectivity index (χ2v) is 5.00. The van der Waals surface area contributed by atoms with E-state index in [9.17, 15) is 4.79 Å². The Hall–Kier alpha value is -2.25. The maximum absolute atomic E-state index is 11.9. The van der Waals surface area contributed by atoms with Crippen LogP contribution in [0.4, 0.5) is 0 Å². The summed E-state index contributed by atoms with van der Waals surface area (Å²) in [6, 6.07) is 16.4. The number of ether oxygens (including phenoxy) is 1. The molecule has 3 nitrogen and oxygen atoms in total. The summed E-state index contributed by atoms with van der Waals surface area (Å²) in [7, 11) is 0. The smallest absolute Gasteiger partial charge is 0.338 e. The Bertz CT molecular complexity index is 644. The lowest BCUT2D eigenvalue weighted by Crippen LogP contribution is -2.05. The topological polar surface area (TPSA) is 50.1 Å². The molecule has 0 aliphatic rings. The third-order valence-corrected chi connectivity index (χ3v) is 3.50. The maximum atomic E-state index is 11.9. The van der Waals surface area contributed by atoms with E-state index in [2.05, 4.69) is 6.07 Å². The summed E-state index contributed by atoms with van der Waals surface area (Å²) in [5, 5.41) is 8.81. The van der Waals surface area contributed by atoms with Gasteiger partial charge in [-0.2, -0.15) is 5.26 Å². The number of hydrogen-bond acceptors (Lipinski definition) is 4. The van der Waals surface area contributed by atoms with Crippen molar-refractivity contribution in [2.75, 3.05) is 6.26 Å². The van der Waals surface area contributed by atoms with Gasteiger partial charge in [0.15, 0.2) is 0 Å². The molecular formula is C16H13NO2S. The molecule has 0 spiro atoms. The maximum Gasteiger partial charge on any atom is 0.338 e. The van der Waals surface area contributed by atoms with Crippen LogP contribution < -0.4 is 0 Å². The zero-order chi connectivity index (χ0) is 14.4. The van der Waals surface area contributed by atoms with Crippen LogP contribution in [-0.4, -0.2) is 12.2 Å². The van der Waals surface area contributed by atoms with Crippen LogP contribution in [0.2, 0.25) is 0 Å². The van der Waals surface area contributed by atoms with Gasteiger partial charge >= 0.3 is 5.97 Å². The molecule has 0 radical (unpaired) electrons. The highest BCUT2D eigenvalue weighted by molar-refractivity contribution is 7.98. The van der Waals surface area contributed by atoms with Crippen molar-refractivity contribution in [2.45, 2.75) is 11.5 Å². The van der Waals surface area contributed by atoms with Crippen molar-refractivity contribution in [1.82, 2.24) is 0 Å². The molecule has 0 aliphatic carbocycles. The quantitative estimate of drug-likeness (QED) is 0.635. The van der Waals surface area contributed by atoms with Crippen molar-refractivity contribution in [3.8, 4) is 6.07 Å². The predicted octanol–water partition coefficient (Wildman–Crippen LogP) is 3.64. The van der Waals surface area contributed by atoms with Crippen molar-refractivity contribution in [3.05, 3.63) is 65.2 Å². The largest absolute Gasteiger partial charge is 0.457 e. The minimum absolute atomic E-state index is 0.165. The number of thioether (sulfide) groups is 1. The van der Waals surface area contributed by atoms with E-state index in [1.54, 1.807) is 42.1 Å². The summed E-state index contributed by atoms with van der Waals surface area (Å²) in [4.78, 5) is 13.0. The number of carbonyl (C=O) groups is 1. The van der Waals surface area contributed by atoms with Crippen LogP contribution in [0.1, 0.15) is 21.5 Å². The van der Waals surface area contributed by atoms with Gasteiger partial charge in [0.2, 0.25) is 0 Å². The van der Waals surface area contributed by atoms with Gasteiger partial charge in [-0.3, -0.25) is 0 Å². The first-order valence-electron chi connectivity index (χ1n) is 6.03. The fourth-order valence-corrected chi connectivity index (χ4v) is 2.10. The number of benzene rings is 2. The van der Waals surface area contributed by atoms with E-state index in [4.69, 9.17) is 10.00 Å². The van der Waals surface area contributed by atoms with E-state index in [1.807, 2.05) is 24.5 Å². The molecule has 0 aliphatic heterocycles. The second-order valence-electron chi connectivity index (χ2n) is 4.12. The lowest BCUT2D eigenvalue weighted by molar-refractivity contribution is 0.0472. The zero-order valence-electron chi connectivity index (χ0n) is 11.0. The van der Waals surface area contributed by atoms with Crippen LogP contribution in [0.25, 0.3) is 0 Å². The molecule has 2 aromatic carbocycles. The Morgan fingerprint density at radius 2 is 2.00 bits per heavy atom. The van der Waals surface area contributed by atoms with Crippen LogP contribution in [0.3, 0.4) is 0 Å². The second kappa shape index (κ2) is 6.78. The highest BCUT2D eigenvalue weighted by Gasteiger charge is 2.07. The average molecular weight is 283 g/mol. The molecule has 2 aromatic rings. The van der Waals surface area contributed by atoms with E-state index in [-0.39, 0.29) is 12.6 Å². The number of nitriles is 1. The summed E-state index contributed by atoms with van der Waals surface area (Å²) in [6.07, 6.45) is 1.98. The monoisotopic (exact) mass is 283 g/mol. The number of rotatable bonds is 4. The molecule has 0 unspecified atom stereocenters. The van der Waals surface area contributed by atoms with Crippen molar-refractivity contribution in [2.24, 2.45) is 0 Å². The van der Waals surface area contributed by atoms with Gasteiger partial charge in [0, 0.05) is 4.90 Å². The molecular weight excluding hydrogens is 270 g/mol. The molecule has 0 bridgehead atoms. The van der Waals surface area contributed by atoms with Gasteiger partial charge in [-0.1, -0.05) is 12.1 Å². The Morgan fingerprint density at radius 1 is 1.25 bits per heavy atom. The minimum atomic E-state index is -0.361. The normalized spacial score (nSPS) is 9.80. The molecule has 0 saturated carbocycles. The van der Waals surface area contributed by atoms with Gasteiger partial charge in [-0.25, -0.2) is 4.79 Å². The molecule has 0 N–H and O–H groups in total. The van der Waals surface area contributed by atoms with Crippen LogP contribution >= 0.6 is 11.8 Å². The van der Waals surface area contributed by atoms with E-state index in [1.165, 1.54) is 0 Å². The molecule has 0 aromatic heterocycles. The third-order valence-electron chi connectivity index (χ3n) is 2.75. The van der Waals surface area contributed by atoms with Crippen LogP contribution in [0.15, 0.2) is 53.4 Å². The van der Waals surface area contributed by atoms with Crippen LogP contribution in [0.5, 0.6) is 0 Å². The summed E-state index contributed by atoms with van der Waals surface area (Å²) >= 11 is 1.62. The Morgan fingerprint density at radius 3 is 2.65 bits per heavy atom. The molecule has 0 fully saturated rings. The van der Waals surface area contributed by atoms with Crippen molar-refractivity contribution in [3.63, 3.8) is 0 Å². The average Bonchev–Trinajstić information content (AvgIpc) is 2.53. The first-order valence-corrected chi connectivity index (χ1v) is 7.25. The highest BCUT2D eigenvalue weighted by Crippen LogP contribution is 2.16. The summed E-state index contributed by atoms with van der Waals surface area (Å²) < 4.78 is 5.23. The number of carbonyl (C=O) groups excluding carboxylic acids is 1.